The summed E-state index contributed by atoms with van der Waals surface area (Å²) >= 11 is 0. The van der Waals surface area contributed by atoms with E-state index in [4.69, 9.17) is 5.11 Å². The largest absolute Gasteiger partial charge is 0.480 e. The zero-order chi connectivity index (χ0) is 12.0. The monoisotopic (exact) mass is 227 g/mol. The minimum Gasteiger partial charge on any atom is -0.480 e. The maximum absolute atomic E-state index is 11.5. The van der Waals surface area contributed by atoms with Gasteiger partial charge in [-0.1, -0.05) is 32.6 Å². The summed E-state index contributed by atoms with van der Waals surface area (Å²) in [5.74, 6) is -0.859. The van der Waals surface area contributed by atoms with Crippen molar-refractivity contribution in [3.63, 3.8) is 0 Å². The van der Waals surface area contributed by atoms with Crippen LogP contribution in [-0.2, 0) is 9.59 Å². The van der Waals surface area contributed by atoms with E-state index in [-0.39, 0.29) is 5.91 Å². The lowest BCUT2D eigenvalue weighted by Crippen LogP contribution is -2.39. The number of carboxylic acids is 1. The summed E-state index contributed by atoms with van der Waals surface area (Å²) in [6.45, 7) is 2.77. The van der Waals surface area contributed by atoms with Crippen LogP contribution in [-0.4, -0.2) is 34.5 Å². The second kappa shape index (κ2) is 6.51. The van der Waals surface area contributed by atoms with E-state index >= 15 is 0 Å². The molecule has 4 nitrogen and oxygen atoms in total. The van der Waals surface area contributed by atoms with Crippen molar-refractivity contribution < 1.29 is 14.7 Å². The fourth-order valence-corrected chi connectivity index (χ4v) is 2.16. The van der Waals surface area contributed by atoms with Crippen molar-refractivity contribution >= 4 is 11.9 Å². The molecule has 0 aliphatic carbocycles. The smallest absolute Gasteiger partial charge is 0.326 e. The average molecular weight is 227 g/mol. The zero-order valence-electron chi connectivity index (χ0n) is 9.95. The van der Waals surface area contributed by atoms with Gasteiger partial charge in [-0.3, -0.25) is 4.79 Å². The Labute approximate surface area is 96.6 Å². The normalized spacial score (nSPS) is 20.4. The Morgan fingerprint density at radius 3 is 2.69 bits per heavy atom. The quantitative estimate of drug-likeness (QED) is 0.677. The van der Waals surface area contributed by atoms with Crippen molar-refractivity contribution in [2.24, 2.45) is 0 Å². The highest BCUT2D eigenvalue weighted by molar-refractivity contribution is 5.87. The molecule has 0 radical (unpaired) electrons. The van der Waals surface area contributed by atoms with E-state index in [0.29, 0.717) is 19.4 Å². The lowest BCUT2D eigenvalue weighted by Gasteiger charge is -2.21. The number of rotatable bonds is 7. The third kappa shape index (κ3) is 3.51. The van der Waals surface area contributed by atoms with Gasteiger partial charge in [0.1, 0.15) is 6.04 Å². The number of hydrogen-bond donors (Lipinski definition) is 1. The van der Waals surface area contributed by atoms with Crippen LogP contribution in [0.3, 0.4) is 0 Å². The van der Waals surface area contributed by atoms with E-state index in [1.165, 1.54) is 24.2 Å². The summed E-state index contributed by atoms with van der Waals surface area (Å²) in [4.78, 5) is 23.9. The number of carbonyl (C=O) groups is 2. The van der Waals surface area contributed by atoms with E-state index in [1.807, 2.05) is 0 Å². The molecular formula is C12H21NO3. The molecule has 0 aromatic heterocycles. The first kappa shape index (κ1) is 13.0. The molecule has 1 heterocycles. The second-order valence-electron chi connectivity index (χ2n) is 4.39. The third-order valence-electron chi connectivity index (χ3n) is 3.12. The second-order valence-corrected chi connectivity index (χ2v) is 4.39. The SMILES string of the molecule is CCCCCCCN1C(=O)CC[C@H]1C(=O)O. The van der Waals surface area contributed by atoms with Gasteiger partial charge >= 0.3 is 5.97 Å². The van der Waals surface area contributed by atoms with Gasteiger partial charge in [0, 0.05) is 13.0 Å². The summed E-state index contributed by atoms with van der Waals surface area (Å²) in [5, 5.41) is 8.95. The van der Waals surface area contributed by atoms with Gasteiger partial charge in [-0.15, -0.1) is 0 Å². The van der Waals surface area contributed by atoms with E-state index in [2.05, 4.69) is 6.92 Å². The molecule has 1 N–H and O–H groups in total. The molecule has 1 atom stereocenters. The highest BCUT2D eigenvalue weighted by Gasteiger charge is 2.35. The van der Waals surface area contributed by atoms with Crippen molar-refractivity contribution in [1.29, 1.82) is 0 Å². The number of likely N-dealkylation sites (tertiary alicyclic amines) is 1. The van der Waals surface area contributed by atoms with Crippen LogP contribution in [0, 0.1) is 0 Å². The van der Waals surface area contributed by atoms with Crippen molar-refractivity contribution in [3.05, 3.63) is 0 Å². The molecule has 0 saturated carbocycles. The number of aliphatic carboxylic acids is 1. The molecule has 16 heavy (non-hydrogen) atoms. The molecule has 0 aromatic rings. The fourth-order valence-electron chi connectivity index (χ4n) is 2.16. The van der Waals surface area contributed by atoms with Crippen LogP contribution >= 0.6 is 0 Å². The molecule has 1 amide bonds. The van der Waals surface area contributed by atoms with Crippen molar-refractivity contribution in [2.75, 3.05) is 6.54 Å². The van der Waals surface area contributed by atoms with E-state index in [0.717, 1.165) is 12.8 Å². The van der Waals surface area contributed by atoms with Crippen LogP contribution in [0.2, 0.25) is 0 Å². The highest BCUT2D eigenvalue weighted by atomic mass is 16.4. The van der Waals surface area contributed by atoms with E-state index in [9.17, 15) is 9.59 Å². The molecule has 1 fully saturated rings. The first-order valence-electron chi connectivity index (χ1n) is 6.19. The molecular weight excluding hydrogens is 206 g/mol. The molecule has 1 saturated heterocycles. The number of amides is 1. The van der Waals surface area contributed by atoms with Gasteiger partial charge in [0.05, 0.1) is 0 Å². The zero-order valence-corrected chi connectivity index (χ0v) is 9.95. The molecule has 1 rings (SSSR count). The van der Waals surface area contributed by atoms with Gasteiger partial charge in [-0.25, -0.2) is 4.79 Å². The molecule has 0 aromatic carbocycles. The van der Waals surface area contributed by atoms with Gasteiger partial charge in [-0.2, -0.15) is 0 Å². The van der Waals surface area contributed by atoms with Gasteiger partial charge in [0.2, 0.25) is 5.91 Å². The van der Waals surface area contributed by atoms with Gasteiger partial charge in [-0.05, 0) is 12.8 Å². The number of carbonyl (C=O) groups excluding carboxylic acids is 1. The van der Waals surface area contributed by atoms with Crippen LogP contribution in [0.5, 0.6) is 0 Å². The van der Waals surface area contributed by atoms with E-state index in [1.54, 1.807) is 0 Å². The fraction of sp³-hybridized carbons (Fsp3) is 0.833. The first-order chi connectivity index (χ1) is 7.66. The standard InChI is InChI=1S/C12H21NO3/c1-2-3-4-5-6-9-13-10(12(15)16)7-8-11(13)14/h10H,2-9H2,1H3,(H,15,16)/t10-/m0/s1. The van der Waals surface area contributed by atoms with Gasteiger partial charge in [0.25, 0.3) is 0 Å². The van der Waals surface area contributed by atoms with Crippen molar-refractivity contribution in [2.45, 2.75) is 57.9 Å². The van der Waals surface area contributed by atoms with E-state index < -0.39 is 12.0 Å². The molecule has 0 spiro atoms. The molecule has 92 valence electrons. The average Bonchev–Trinajstić information content (AvgIpc) is 2.60. The maximum atomic E-state index is 11.5. The van der Waals surface area contributed by atoms with Crippen LogP contribution < -0.4 is 0 Å². The number of nitrogens with zero attached hydrogens (tertiary/aromatic N) is 1. The predicted octanol–water partition coefficient (Wildman–Crippen LogP) is 2.03. The van der Waals surface area contributed by atoms with Gasteiger partial charge in [0.15, 0.2) is 0 Å². The van der Waals surface area contributed by atoms with Crippen LogP contribution in [0.4, 0.5) is 0 Å². The Morgan fingerprint density at radius 2 is 2.06 bits per heavy atom. The summed E-state index contributed by atoms with van der Waals surface area (Å²) in [6.07, 6.45) is 6.47. The first-order valence-corrected chi connectivity index (χ1v) is 6.19. The minimum absolute atomic E-state index is 0.00268. The number of carboxylic acid groups (broad SMARTS) is 1. The van der Waals surface area contributed by atoms with Crippen molar-refractivity contribution in [1.82, 2.24) is 4.90 Å². The lowest BCUT2D eigenvalue weighted by molar-refractivity contribution is -0.146. The number of unbranched alkanes of at least 4 members (excludes halogenated alkanes) is 4. The lowest BCUT2D eigenvalue weighted by atomic mass is 10.1. The molecule has 0 unspecified atom stereocenters. The van der Waals surface area contributed by atoms with Crippen LogP contribution in [0.15, 0.2) is 0 Å². The van der Waals surface area contributed by atoms with Crippen LogP contribution in [0.1, 0.15) is 51.9 Å². The third-order valence-corrected chi connectivity index (χ3v) is 3.12. The summed E-state index contributed by atoms with van der Waals surface area (Å²) in [5.41, 5.74) is 0. The Balaban J connectivity index is 2.27. The summed E-state index contributed by atoms with van der Waals surface area (Å²) < 4.78 is 0. The molecule has 4 heteroatoms. The topological polar surface area (TPSA) is 57.6 Å². The summed E-state index contributed by atoms with van der Waals surface area (Å²) in [7, 11) is 0. The highest BCUT2D eigenvalue weighted by Crippen LogP contribution is 2.19. The Hall–Kier alpha value is -1.06. The predicted molar refractivity (Wildman–Crippen MR) is 61.1 cm³/mol. The maximum Gasteiger partial charge on any atom is 0.326 e. The van der Waals surface area contributed by atoms with Crippen molar-refractivity contribution in [3.8, 4) is 0 Å². The minimum atomic E-state index is -0.862. The Morgan fingerprint density at radius 1 is 1.38 bits per heavy atom. The Kier molecular flexibility index (Phi) is 5.29. The molecule has 1 aliphatic rings. The summed E-state index contributed by atoms with van der Waals surface area (Å²) in [6, 6.07) is -0.571. The molecule has 0 bridgehead atoms. The molecule has 1 aliphatic heterocycles. The van der Waals surface area contributed by atoms with Gasteiger partial charge < -0.3 is 10.0 Å². The Bertz CT molecular complexity index is 253. The van der Waals surface area contributed by atoms with Crippen LogP contribution in [0.25, 0.3) is 0 Å². The number of hydrogen-bond acceptors (Lipinski definition) is 2.